The summed E-state index contributed by atoms with van der Waals surface area (Å²) >= 11 is 3.42. The van der Waals surface area contributed by atoms with Crippen LogP contribution >= 0.6 is 15.9 Å². The summed E-state index contributed by atoms with van der Waals surface area (Å²) in [7, 11) is 1.71. The Morgan fingerprint density at radius 2 is 2.20 bits per heavy atom. The third kappa shape index (κ3) is 3.80. The largest absolute Gasteiger partial charge is 0.377 e. The lowest BCUT2D eigenvalue weighted by Gasteiger charge is -2.23. The molecule has 1 rings (SSSR count). The van der Waals surface area contributed by atoms with Gasteiger partial charge in [-0.15, -0.1) is 0 Å². The molecule has 0 saturated carbocycles. The first-order valence-corrected chi connectivity index (χ1v) is 5.65. The van der Waals surface area contributed by atoms with E-state index in [0.717, 1.165) is 16.8 Å². The zero-order valence-electron chi connectivity index (χ0n) is 9.60. The van der Waals surface area contributed by atoms with E-state index >= 15 is 0 Å². The van der Waals surface area contributed by atoms with Gasteiger partial charge in [-0.05, 0) is 48.3 Å². The van der Waals surface area contributed by atoms with Crippen molar-refractivity contribution in [2.45, 2.75) is 26.4 Å². The molecule has 0 aliphatic heterocycles. The quantitative estimate of drug-likeness (QED) is 0.915. The average Bonchev–Trinajstić information content (AvgIpc) is 2.20. The molecule has 0 spiro atoms. The van der Waals surface area contributed by atoms with E-state index in [0.29, 0.717) is 0 Å². The second kappa shape index (κ2) is 4.94. The number of aromatic nitrogens is 1. The summed E-state index contributed by atoms with van der Waals surface area (Å²) in [6.45, 7) is 6.84. The van der Waals surface area contributed by atoms with Crippen LogP contribution in [-0.4, -0.2) is 24.2 Å². The Hall–Kier alpha value is -0.610. The van der Waals surface area contributed by atoms with Crippen LogP contribution in [0.1, 0.15) is 19.4 Å². The Morgan fingerprint density at radius 1 is 1.53 bits per heavy atom. The van der Waals surface area contributed by atoms with Crippen LogP contribution in [0.25, 0.3) is 0 Å². The lowest BCUT2D eigenvalue weighted by atomic mass is 10.1. The number of rotatable bonds is 4. The predicted octanol–water partition coefficient (Wildman–Crippen LogP) is 2.99. The molecule has 15 heavy (non-hydrogen) atoms. The Labute approximate surface area is 99.4 Å². The third-order valence-corrected chi connectivity index (χ3v) is 3.12. The minimum Gasteiger partial charge on any atom is -0.377 e. The number of nitrogens with zero attached hydrogens (tertiary/aromatic N) is 1. The summed E-state index contributed by atoms with van der Waals surface area (Å²) in [5.41, 5.74) is 0.991. The molecule has 1 heterocycles. The molecule has 1 N–H and O–H groups in total. The Morgan fingerprint density at radius 3 is 2.73 bits per heavy atom. The van der Waals surface area contributed by atoms with E-state index in [9.17, 15) is 0 Å². The van der Waals surface area contributed by atoms with Crippen molar-refractivity contribution in [2.75, 3.05) is 19.0 Å². The van der Waals surface area contributed by atoms with Crippen LogP contribution in [-0.2, 0) is 4.74 Å². The monoisotopic (exact) mass is 272 g/mol. The first kappa shape index (κ1) is 12.5. The van der Waals surface area contributed by atoms with Crippen molar-refractivity contribution < 1.29 is 4.74 Å². The van der Waals surface area contributed by atoms with E-state index in [4.69, 9.17) is 4.74 Å². The van der Waals surface area contributed by atoms with Crippen molar-refractivity contribution in [1.82, 2.24) is 4.98 Å². The molecule has 4 heteroatoms. The van der Waals surface area contributed by atoms with Crippen LogP contribution in [0.3, 0.4) is 0 Å². The highest BCUT2D eigenvalue weighted by molar-refractivity contribution is 9.10. The van der Waals surface area contributed by atoms with Crippen molar-refractivity contribution in [3.05, 3.63) is 22.3 Å². The molecule has 84 valence electrons. The van der Waals surface area contributed by atoms with Crippen molar-refractivity contribution in [3.63, 3.8) is 0 Å². The van der Waals surface area contributed by atoms with E-state index in [2.05, 4.69) is 26.2 Å². The Bertz CT molecular complexity index is 339. The molecule has 0 saturated heterocycles. The highest BCUT2D eigenvalue weighted by Gasteiger charge is 2.15. The number of ether oxygens (including phenoxy) is 1. The summed E-state index contributed by atoms with van der Waals surface area (Å²) < 4.78 is 6.34. The fourth-order valence-electron chi connectivity index (χ4n) is 1.01. The van der Waals surface area contributed by atoms with E-state index in [-0.39, 0.29) is 5.60 Å². The van der Waals surface area contributed by atoms with E-state index < -0.39 is 0 Å². The minimum atomic E-state index is -0.178. The highest BCUT2D eigenvalue weighted by Crippen LogP contribution is 2.18. The van der Waals surface area contributed by atoms with Gasteiger partial charge in [-0.1, -0.05) is 0 Å². The van der Waals surface area contributed by atoms with E-state index in [1.807, 2.05) is 26.8 Å². The highest BCUT2D eigenvalue weighted by atomic mass is 79.9. The SMILES string of the molecule is COC(C)(C)CNc1cc(C)c(Br)cn1. The number of hydrogen-bond acceptors (Lipinski definition) is 3. The van der Waals surface area contributed by atoms with Crippen LogP contribution < -0.4 is 5.32 Å². The van der Waals surface area contributed by atoms with Gasteiger partial charge in [-0.2, -0.15) is 0 Å². The number of nitrogens with one attached hydrogen (secondary N) is 1. The minimum absolute atomic E-state index is 0.178. The number of halogens is 1. The molecule has 0 atom stereocenters. The van der Waals surface area contributed by atoms with Crippen LogP contribution in [0, 0.1) is 6.92 Å². The lowest BCUT2D eigenvalue weighted by Crippen LogP contribution is -2.32. The predicted molar refractivity (Wildman–Crippen MR) is 66.3 cm³/mol. The molecule has 1 aromatic heterocycles. The second-order valence-electron chi connectivity index (χ2n) is 4.14. The van der Waals surface area contributed by atoms with Gasteiger partial charge in [0.1, 0.15) is 5.82 Å². The van der Waals surface area contributed by atoms with Crippen molar-refractivity contribution in [3.8, 4) is 0 Å². The van der Waals surface area contributed by atoms with Crippen LogP contribution in [0.5, 0.6) is 0 Å². The summed E-state index contributed by atoms with van der Waals surface area (Å²) in [4.78, 5) is 4.26. The molecular formula is C11H17BrN2O. The van der Waals surface area contributed by atoms with Gasteiger partial charge in [0.2, 0.25) is 0 Å². The molecule has 0 fully saturated rings. The zero-order chi connectivity index (χ0) is 11.5. The number of methoxy groups -OCH3 is 1. The fraction of sp³-hybridized carbons (Fsp3) is 0.545. The first-order chi connectivity index (χ1) is 6.94. The lowest BCUT2D eigenvalue weighted by molar-refractivity contribution is 0.0343. The normalized spacial score (nSPS) is 11.5. The van der Waals surface area contributed by atoms with Crippen molar-refractivity contribution >= 4 is 21.7 Å². The van der Waals surface area contributed by atoms with Gasteiger partial charge in [-0.25, -0.2) is 4.98 Å². The average molecular weight is 273 g/mol. The third-order valence-electron chi connectivity index (χ3n) is 2.29. The molecule has 0 aliphatic rings. The first-order valence-electron chi connectivity index (χ1n) is 4.86. The van der Waals surface area contributed by atoms with Gasteiger partial charge >= 0.3 is 0 Å². The topological polar surface area (TPSA) is 34.1 Å². The van der Waals surface area contributed by atoms with Gasteiger partial charge in [0.05, 0.1) is 5.60 Å². The van der Waals surface area contributed by atoms with Crippen LogP contribution in [0.15, 0.2) is 16.7 Å². The molecule has 0 unspecified atom stereocenters. The summed E-state index contributed by atoms with van der Waals surface area (Å²) in [5, 5.41) is 3.25. The van der Waals surface area contributed by atoms with Gasteiger partial charge in [0, 0.05) is 24.3 Å². The number of pyridine rings is 1. The molecule has 1 aromatic rings. The van der Waals surface area contributed by atoms with Gasteiger partial charge in [0.15, 0.2) is 0 Å². The molecule has 3 nitrogen and oxygen atoms in total. The number of aryl methyl sites for hydroxylation is 1. The molecule has 0 aliphatic carbocycles. The molecule has 0 bridgehead atoms. The maximum Gasteiger partial charge on any atom is 0.126 e. The summed E-state index contributed by atoms with van der Waals surface area (Å²) in [5.74, 6) is 0.876. The molecule has 0 amide bonds. The number of anilines is 1. The standard InChI is InChI=1S/C11H17BrN2O/c1-8-5-10(13-6-9(8)12)14-7-11(2,3)15-4/h5-6H,7H2,1-4H3,(H,13,14). The van der Waals surface area contributed by atoms with Crippen molar-refractivity contribution in [1.29, 1.82) is 0 Å². The Kier molecular flexibility index (Phi) is 4.11. The Balaban J connectivity index is 2.62. The second-order valence-corrected chi connectivity index (χ2v) is 4.99. The maximum absolute atomic E-state index is 5.31. The van der Waals surface area contributed by atoms with Gasteiger partial charge in [-0.3, -0.25) is 0 Å². The van der Waals surface area contributed by atoms with Gasteiger partial charge in [0.25, 0.3) is 0 Å². The molecular weight excluding hydrogens is 256 g/mol. The zero-order valence-corrected chi connectivity index (χ0v) is 11.2. The number of hydrogen-bond donors (Lipinski definition) is 1. The van der Waals surface area contributed by atoms with E-state index in [1.54, 1.807) is 13.3 Å². The molecule has 0 radical (unpaired) electrons. The maximum atomic E-state index is 5.31. The summed E-state index contributed by atoms with van der Waals surface area (Å²) in [6.07, 6.45) is 1.80. The van der Waals surface area contributed by atoms with Gasteiger partial charge < -0.3 is 10.1 Å². The fourth-order valence-corrected chi connectivity index (χ4v) is 1.23. The van der Waals surface area contributed by atoms with Crippen LogP contribution in [0.2, 0.25) is 0 Å². The van der Waals surface area contributed by atoms with Crippen LogP contribution in [0.4, 0.5) is 5.82 Å². The smallest absolute Gasteiger partial charge is 0.126 e. The van der Waals surface area contributed by atoms with Crippen molar-refractivity contribution in [2.24, 2.45) is 0 Å². The molecule has 0 aromatic carbocycles. The van der Waals surface area contributed by atoms with E-state index in [1.165, 1.54) is 5.56 Å². The summed E-state index contributed by atoms with van der Waals surface area (Å²) in [6, 6.07) is 2.01.